The van der Waals surface area contributed by atoms with E-state index in [0.29, 0.717) is 0 Å². The number of nitrogens with zero attached hydrogens (tertiary/aromatic N) is 1. The first-order valence-electron chi connectivity index (χ1n) is 16.6. The number of anilines is 3. The highest BCUT2D eigenvalue weighted by Gasteiger charge is 2.24. The van der Waals surface area contributed by atoms with E-state index in [1.165, 1.54) is 53.2 Å². The molecule has 2 aromatic heterocycles. The summed E-state index contributed by atoms with van der Waals surface area (Å²) in [6.45, 7) is 0. The van der Waals surface area contributed by atoms with Crippen molar-refractivity contribution in [2.75, 3.05) is 4.90 Å². The van der Waals surface area contributed by atoms with E-state index in [0.717, 1.165) is 39.0 Å². The number of benzene rings is 8. The molecule has 49 heavy (non-hydrogen) atoms. The molecule has 10 rings (SSSR count). The Bertz CT molecular complexity index is 2820. The van der Waals surface area contributed by atoms with E-state index in [1.54, 1.807) is 0 Å². The van der Waals surface area contributed by atoms with Gasteiger partial charge in [0.1, 0.15) is 11.2 Å². The summed E-state index contributed by atoms with van der Waals surface area (Å²) in [7, 11) is 0. The van der Waals surface area contributed by atoms with Crippen molar-refractivity contribution in [3.63, 3.8) is 0 Å². The lowest BCUT2D eigenvalue weighted by molar-refractivity contribution is 0.669. The van der Waals surface area contributed by atoms with Gasteiger partial charge in [0.05, 0.1) is 21.5 Å². The summed E-state index contributed by atoms with van der Waals surface area (Å²) in [6, 6.07) is 63.1. The van der Waals surface area contributed by atoms with Gasteiger partial charge >= 0.3 is 0 Å². The zero-order valence-corrected chi connectivity index (χ0v) is 27.3. The molecule has 2 nitrogen and oxygen atoms in total. The summed E-state index contributed by atoms with van der Waals surface area (Å²) in [6.07, 6.45) is 0. The maximum absolute atomic E-state index is 6.42. The molecule has 3 heteroatoms. The van der Waals surface area contributed by atoms with Crippen molar-refractivity contribution in [1.82, 2.24) is 0 Å². The minimum atomic E-state index is 0.879. The second-order valence-electron chi connectivity index (χ2n) is 12.5. The van der Waals surface area contributed by atoms with Crippen LogP contribution < -0.4 is 4.90 Å². The van der Waals surface area contributed by atoms with Crippen LogP contribution in [-0.2, 0) is 0 Å². The van der Waals surface area contributed by atoms with Gasteiger partial charge in [-0.3, -0.25) is 0 Å². The van der Waals surface area contributed by atoms with E-state index in [9.17, 15) is 0 Å². The number of fused-ring (bicyclic) bond motifs is 7. The van der Waals surface area contributed by atoms with Gasteiger partial charge in [0.2, 0.25) is 0 Å². The predicted octanol–water partition coefficient (Wildman–Crippen LogP) is 13.9. The SMILES string of the molecule is c1ccc(-c2ccc(N(c3ccc(-c4cccc5ccccc45)cc3)c3cccc4oc5ccccc5c34)c3sc4ccccc4c23)cc1. The second-order valence-corrected chi connectivity index (χ2v) is 13.5. The van der Waals surface area contributed by atoms with Gasteiger partial charge in [-0.15, -0.1) is 11.3 Å². The smallest absolute Gasteiger partial charge is 0.137 e. The average Bonchev–Trinajstić information content (AvgIpc) is 3.75. The van der Waals surface area contributed by atoms with Gasteiger partial charge in [0.25, 0.3) is 0 Å². The molecule has 8 aromatic carbocycles. The van der Waals surface area contributed by atoms with Crippen molar-refractivity contribution in [3.05, 3.63) is 176 Å². The molecule has 0 aliphatic heterocycles. The summed E-state index contributed by atoms with van der Waals surface area (Å²) in [5, 5.41) is 7.28. The van der Waals surface area contributed by atoms with Crippen LogP contribution in [0.3, 0.4) is 0 Å². The molecule has 0 fully saturated rings. The molecule has 2 heterocycles. The van der Waals surface area contributed by atoms with Gasteiger partial charge in [-0.1, -0.05) is 133 Å². The maximum atomic E-state index is 6.42. The number of furan rings is 1. The third-order valence-corrected chi connectivity index (χ3v) is 10.9. The van der Waals surface area contributed by atoms with E-state index in [2.05, 4.69) is 175 Å². The Morgan fingerprint density at radius 3 is 1.96 bits per heavy atom. The fourth-order valence-electron chi connectivity index (χ4n) is 7.47. The van der Waals surface area contributed by atoms with Crippen LogP contribution in [0.15, 0.2) is 180 Å². The Hall–Kier alpha value is -6.16. The molecule has 10 aromatic rings. The van der Waals surface area contributed by atoms with Crippen LogP contribution in [0.5, 0.6) is 0 Å². The number of hydrogen-bond acceptors (Lipinski definition) is 3. The van der Waals surface area contributed by atoms with E-state index in [4.69, 9.17) is 4.42 Å². The van der Waals surface area contributed by atoms with E-state index >= 15 is 0 Å². The summed E-state index contributed by atoms with van der Waals surface area (Å²) in [4.78, 5) is 2.43. The molecule has 0 radical (unpaired) electrons. The van der Waals surface area contributed by atoms with Crippen LogP contribution in [0.2, 0.25) is 0 Å². The number of rotatable bonds is 5. The Morgan fingerprint density at radius 2 is 1.08 bits per heavy atom. The Morgan fingerprint density at radius 1 is 0.408 bits per heavy atom. The summed E-state index contributed by atoms with van der Waals surface area (Å²) >= 11 is 1.86. The van der Waals surface area contributed by atoms with Crippen molar-refractivity contribution in [2.45, 2.75) is 0 Å². The van der Waals surface area contributed by atoms with Gasteiger partial charge in [0.15, 0.2) is 0 Å². The first-order chi connectivity index (χ1) is 24.3. The molecule has 0 aliphatic rings. The van der Waals surface area contributed by atoms with Gasteiger partial charge in [-0.2, -0.15) is 0 Å². The number of thiophene rings is 1. The van der Waals surface area contributed by atoms with Crippen molar-refractivity contribution < 1.29 is 4.42 Å². The van der Waals surface area contributed by atoms with E-state index in [-0.39, 0.29) is 0 Å². The predicted molar refractivity (Wildman–Crippen MR) is 210 cm³/mol. The Labute approximate surface area is 287 Å². The first-order valence-corrected chi connectivity index (χ1v) is 17.4. The highest BCUT2D eigenvalue weighted by Crippen LogP contribution is 2.50. The maximum Gasteiger partial charge on any atom is 0.137 e. The van der Waals surface area contributed by atoms with Crippen molar-refractivity contribution in [2.24, 2.45) is 0 Å². The molecule has 0 N–H and O–H groups in total. The molecule has 0 atom stereocenters. The molecule has 0 amide bonds. The summed E-state index contributed by atoms with van der Waals surface area (Å²) in [5.74, 6) is 0. The van der Waals surface area contributed by atoms with Crippen molar-refractivity contribution in [1.29, 1.82) is 0 Å². The van der Waals surface area contributed by atoms with E-state index < -0.39 is 0 Å². The topological polar surface area (TPSA) is 16.4 Å². The largest absolute Gasteiger partial charge is 0.456 e. The van der Waals surface area contributed by atoms with Crippen LogP contribution in [0, 0.1) is 0 Å². The van der Waals surface area contributed by atoms with Crippen LogP contribution >= 0.6 is 11.3 Å². The molecule has 230 valence electrons. The Kier molecular flexibility index (Phi) is 6.39. The third-order valence-electron chi connectivity index (χ3n) is 9.68. The zero-order chi connectivity index (χ0) is 32.3. The number of hydrogen-bond donors (Lipinski definition) is 0. The van der Waals surface area contributed by atoms with Gasteiger partial charge in [-0.25, -0.2) is 0 Å². The standard InChI is InChI=1S/C46H29NOS/c1-2-12-31(13-3-1)36-28-29-40(46-44(36)38-18-7-9-23-43(38)49-46)47(39-20-11-22-42-45(39)37-17-6-8-21-41(37)48-42)33-26-24-32(25-27-33)35-19-10-15-30-14-4-5-16-34(30)35/h1-29H. The molecule has 0 unspecified atom stereocenters. The van der Waals surface area contributed by atoms with Crippen LogP contribution in [-0.4, -0.2) is 0 Å². The molecule has 0 saturated heterocycles. The minimum Gasteiger partial charge on any atom is -0.456 e. The highest BCUT2D eigenvalue weighted by atomic mass is 32.1. The monoisotopic (exact) mass is 643 g/mol. The van der Waals surface area contributed by atoms with Crippen LogP contribution in [0.1, 0.15) is 0 Å². The second kappa shape index (κ2) is 11.2. The molecular formula is C46H29NOS. The van der Waals surface area contributed by atoms with E-state index in [1.807, 2.05) is 17.4 Å². The molecule has 0 aliphatic carbocycles. The van der Waals surface area contributed by atoms with Gasteiger partial charge in [0, 0.05) is 26.5 Å². The zero-order valence-electron chi connectivity index (χ0n) is 26.5. The highest BCUT2D eigenvalue weighted by molar-refractivity contribution is 7.26. The molecule has 0 saturated carbocycles. The molecule has 0 bridgehead atoms. The lowest BCUT2D eigenvalue weighted by atomic mass is 9.97. The van der Waals surface area contributed by atoms with Gasteiger partial charge in [-0.05, 0) is 75.5 Å². The lowest BCUT2D eigenvalue weighted by Crippen LogP contribution is -2.10. The third kappa shape index (κ3) is 4.47. The summed E-state index contributed by atoms with van der Waals surface area (Å²) < 4.78 is 8.95. The Balaban J connectivity index is 1.25. The summed E-state index contributed by atoms with van der Waals surface area (Å²) in [5.41, 5.74) is 9.99. The van der Waals surface area contributed by atoms with Crippen molar-refractivity contribution in [3.8, 4) is 22.3 Å². The fourth-order valence-corrected chi connectivity index (χ4v) is 8.70. The normalized spacial score (nSPS) is 11.7. The quantitative estimate of drug-likeness (QED) is 0.186. The van der Waals surface area contributed by atoms with Gasteiger partial charge < -0.3 is 9.32 Å². The molecule has 0 spiro atoms. The van der Waals surface area contributed by atoms with Crippen molar-refractivity contribution >= 4 is 81.3 Å². The van der Waals surface area contributed by atoms with Crippen LogP contribution in [0.25, 0.3) is 75.1 Å². The van der Waals surface area contributed by atoms with Crippen LogP contribution in [0.4, 0.5) is 17.1 Å². The number of para-hydroxylation sites is 1. The minimum absolute atomic E-state index is 0.879. The average molecular weight is 644 g/mol. The first kappa shape index (κ1) is 27.9. The fraction of sp³-hybridized carbons (Fsp3) is 0. The molecular weight excluding hydrogens is 615 g/mol. The lowest BCUT2D eigenvalue weighted by Gasteiger charge is -2.27.